The lowest BCUT2D eigenvalue weighted by atomic mass is 9.75. The van der Waals surface area contributed by atoms with Gasteiger partial charge in [-0.1, -0.05) is 34.1 Å². The Morgan fingerprint density at radius 2 is 1.84 bits per heavy atom. The minimum Gasteiger partial charge on any atom is -0.465 e. The molecule has 1 aliphatic heterocycles. The van der Waals surface area contributed by atoms with Crippen molar-refractivity contribution in [1.29, 1.82) is 0 Å². The first kappa shape index (κ1) is 16.5. The molecule has 1 atom stereocenters. The zero-order valence-electron chi connectivity index (χ0n) is 13.4. The van der Waals surface area contributed by atoms with Crippen molar-refractivity contribution in [3.05, 3.63) is 0 Å². The number of piperidine rings is 1. The van der Waals surface area contributed by atoms with E-state index in [0.29, 0.717) is 12.0 Å². The van der Waals surface area contributed by atoms with Crippen LogP contribution in [0.1, 0.15) is 60.3 Å². The summed E-state index contributed by atoms with van der Waals surface area (Å²) in [6, 6.07) is -0.0223. The Bertz CT molecular complexity index is 275. The topological polar surface area (TPSA) is 29.5 Å². The van der Waals surface area contributed by atoms with Crippen molar-refractivity contribution < 1.29 is 9.53 Å². The average molecular weight is 269 g/mol. The Balaban J connectivity index is 2.57. The molecule has 0 aromatic carbocycles. The van der Waals surface area contributed by atoms with Crippen molar-refractivity contribution in [2.45, 2.75) is 66.3 Å². The van der Waals surface area contributed by atoms with Gasteiger partial charge in [0.1, 0.15) is 6.04 Å². The highest BCUT2D eigenvalue weighted by Crippen LogP contribution is 2.35. The maximum Gasteiger partial charge on any atom is 0.323 e. The van der Waals surface area contributed by atoms with Crippen LogP contribution in [0.2, 0.25) is 0 Å². The Hall–Kier alpha value is -0.570. The van der Waals surface area contributed by atoms with Crippen LogP contribution >= 0.6 is 0 Å². The Morgan fingerprint density at radius 1 is 1.26 bits per heavy atom. The van der Waals surface area contributed by atoms with Gasteiger partial charge in [-0.25, -0.2) is 0 Å². The number of hydrogen-bond donors (Lipinski definition) is 0. The first-order valence-corrected chi connectivity index (χ1v) is 7.80. The van der Waals surface area contributed by atoms with Gasteiger partial charge in [0.25, 0.3) is 0 Å². The molecule has 1 aliphatic rings. The van der Waals surface area contributed by atoms with Crippen molar-refractivity contribution in [1.82, 2.24) is 4.90 Å². The van der Waals surface area contributed by atoms with Crippen LogP contribution in [0.5, 0.6) is 0 Å². The number of likely N-dealkylation sites (tertiary alicyclic amines) is 1. The second-order valence-electron chi connectivity index (χ2n) is 6.73. The third-order valence-corrected chi connectivity index (χ3v) is 4.32. The van der Waals surface area contributed by atoms with Crippen molar-refractivity contribution in [2.75, 3.05) is 19.7 Å². The molecule has 1 unspecified atom stereocenters. The molecule has 0 aromatic rings. The van der Waals surface area contributed by atoms with E-state index in [4.69, 9.17) is 4.74 Å². The van der Waals surface area contributed by atoms with E-state index in [-0.39, 0.29) is 12.0 Å². The van der Waals surface area contributed by atoms with Gasteiger partial charge in [-0.2, -0.15) is 0 Å². The summed E-state index contributed by atoms with van der Waals surface area (Å²) in [7, 11) is 0. The summed E-state index contributed by atoms with van der Waals surface area (Å²) in [6.07, 6.45) is 4.34. The summed E-state index contributed by atoms with van der Waals surface area (Å²) >= 11 is 0. The van der Waals surface area contributed by atoms with Crippen LogP contribution in [0, 0.1) is 11.3 Å². The fourth-order valence-corrected chi connectivity index (χ4v) is 3.04. The standard InChI is InChI=1S/C16H31NO2/c1-6-8-14(15(18)19-7-2)17-11-9-13(10-12-17)16(3,4)5/h13-14H,6-12H2,1-5H3. The molecule has 0 aliphatic carbocycles. The molecule has 1 rings (SSSR count). The molecule has 1 heterocycles. The molecule has 0 saturated carbocycles. The lowest BCUT2D eigenvalue weighted by Gasteiger charge is -2.41. The largest absolute Gasteiger partial charge is 0.465 e. The van der Waals surface area contributed by atoms with Gasteiger partial charge in [0.15, 0.2) is 0 Å². The van der Waals surface area contributed by atoms with E-state index in [9.17, 15) is 4.79 Å². The van der Waals surface area contributed by atoms with E-state index in [1.165, 1.54) is 12.8 Å². The van der Waals surface area contributed by atoms with E-state index < -0.39 is 0 Å². The van der Waals surface area contributed by atoms with Crippen LogP contribution in [0.3, 0.4) is 0 Å². The third-order valence-electron chi connectivity index (χ3n) is 4.32. The molecule has 0 amide bonds. The van der Waals surface area contributed by atoms with Crippen molar-refractivity contribution in [3.8, 4) is 0 Å². The molecule has 19 heavy (non-hydrogen) atoms. The summed E-state index contributed by atoms with van der Waals surface area (Å²) in [4.78, 5) is 14.4. The number of hydrogen-bond acceptors (Lipinski definition) is 3. The SMILES string of the molecule is CCCC(C(=O)OCC)N1CCC(C(C)(C)C)CC1. The number of rotatable bonds is 5. The number of ether oxygens (including phenoxy) is 1. The molecular weight excluding hydrogens is 238 g/mol. The van der Waals surface area contributed by atoms with E-state index >= 15 is 0 Å². The van der Waals surface area contributed by atoms with Crippen LogP contribution < -0.4 is 0 Å². The molecule has 0 radical (unpaired) electrons. The molecule has 0 spiro atoms. The maximum atomic E-state index is 12.0. The number of nitrogens with zero attached hydrogens (tertiary/aromatic N) is 1. The van der Waals surface area contributed by atoms with Gasteiger partial charge >= 0.3 is 5.97 Å². The van der Waals surface area contributed by atoms with E-state index in [1.54, 1.807) is 0 Å². The van der Waals surface area contributed by atoms with Gasteiger partial charge in [-0.3, -0.25) is 9.69 Å². The highest BCUT2D eigenvalue weighted by molar-refractivity contribution is 5.75. The Labute approximate surface area is 118 Å². The van der Waals surface area contributed by atoms with Crippen molar-refractivity contribution in [3.63, 3.8) is 0 Å². The van der Waals surface area contributed by atoms with Crippen LogP contribution in [-0.4, -0.2) is 36.6 Å². The smallest absolute Gasteiger partial charge is 0.323 e. The summed E-state index contributed by atoms with van der Waals surface area (Å²) < 4.78 is 5.22. The Morgan fingerprint density at radius 3 is 2.26 bits per heavy atom. The minimum absolute atomic E-state index is 0.0223. The summed E-state index contributed by atoms with van der Waals surface area (Å²) in [6.45, 7) is 13.5. The molecule has 1 saturated heterocycles. The van der Waals surface area contributed by atoms with Crippen LogP contribution in [0.25, 0.3) is 0 Å². The fraction of sp³-hybridized carbons (Fsp3) is 0.938. The van der Waals surface area contributed by atoms with E-state index in [1.807, 2.05) is 6.92 Å². The van der Waals surface area contributed by atoms with Crippen molar-refractivity contribution >= 4 is 5.97 Å². The molecule has 0 aromatic heterocycles. The maximum absolute atomic E-state index is 12.0. The number of carbonyl (C=O) groups excluding carboxylic acids is 1. The molecule has 112 valence electrons. The van der Waals surface area contributed by atoms with Crippen LogP contribution in [0.4, 0.5) is 0 Å². The molecule has 3 nitrogen and oxygen atoms in total. The summed E-state index contributed by atoms with van der Waals surface area (Å²) in [5.41, 5.74) is 0.385. The van der Waals surface area contributed by atoms with E-state index in [2.05, 4.69) is 32.6 Å². The lowest BCUT2D eigenvalue weighted by molar-refractivity contribution is -0.150. The number of carbonyl (C=O) groups is 1. The molecule has 0 N–H and O–H groups in total. The van der Waals surface area contributed by atoms with Crippen LogP contribution in [-0.2, 0) is 9.53 Å². The lowest BCUT2D eigenvalue weighted by Crippen LogP contribution is -2.47. The highest BCUT2D eigenvalue weighted by Gasteiger charge is 2.33. The molecular formula is C16H31NO2. The first-order valence-electron chi connectivity index (χ1n) is 7.80. The first-order chi connectivity index (χ1) is 8.90. The summed E-state index contributed by atoms with van der Waals surface area (Å²) in [5.74, 6) is 0.742. The zero-order chi connectivity index (χ0) is 14.5. The predicted octanol–water partition coefficient (Wildman–Crippen LogP) is 3.48. The van der Waals surface area contributed by atoms with Gasteiger partial charge in [-0.05, 0) is 50.6 Å². The second kappa shape index (κ2) is 7.28. The predicted molar refractivity (Wildman–Crippen MR) is 79.1 cm³/mol. The van der Waals surface area contributed by atoms with Gasteiger partial charge in [-0.15, -0.1) is 0 Å². The number of esters is 1. The normalized spacial score (nSPS) is 20.3. The molecule has 0 bridgehead atoms. The van der Waals surface area contributed by atoms with Crippen LogP contribution in [0.15, 0.2) is 0 Å². The Kier molecular flexibility index (Phi) is 6.31. The van der Waals surface area contributed by atoms with Gasteiger partial charge in [0.05, 0.1) is 6.61 Å². The quantitative estimate of drug-likeness (QED) is 0.716. The highest BCUT2D eigenvalue weighted by atomic mass is 16.5. The van der Waals surface area contributed by atoms with E-state index in [0.717, 1.165) is 31.8 Å². The average Bonchev–Trinajstić information content (AvgIpc) is 2.35. The van der Waals surface area contributed by atoms with Crippen molar-refractivity contribution in [2.24, 2.45) is 11.3 Å². The minimum atomic E-state index is -0.0291. The van der Waals surface area contributed by atoms with Gasteiger partial charge in [0.2, 0.25) is 0 Å². The van der Waals surface area contributed by atoms with Gasteiger partial charge < -0.3 is 4.74 Å². The zero-order valence-corrected chi connectivity index (χ0v) is 13.4. The molecule has 3 heteroatoms. The second-order valence-corrected chi connectivity index (χ2v) is 6.73. The fourth-order valence-electron chi connectivity index (χ4n) is 3.04. The molecule has 1 fully saturated rings. The summed E-state index contributed by atoms with van der Waals surface area (Å²) in [5, 5.41) is 0. The van der Waals surface area contributed by atoms with Gasteiger partial charge in [0, 0.05) is 0 Å². The monoisotopic (exact) mass is 269 g/mol. The third kappa shape index (κ3) is 4.79.